The lowest BCUT2D eigenvalue weighted by Crippen LogP contribution is -2.51. The van der Waals surface area contributed by atoms with Gasteiger partial charge in [-0.15, -0.1) is 0 Å². The molecule has 9 nitrogen and oxygen atoms in total. The van der Waals surface area contributed by atoms with Gasteiger partial charge in [0, 0.05) is 20.0 Å². The van der Waals surface area contributed by atoms with Crippen molar-refractivity contribution in [2.45, 2.75) is 68.9 Å². The number of primary amides is 1. The average molecular weight is 670 g/mol. The van der Waals surface area contributed by atoms with E-state index in [0.717, 1.165) is 5.56 Å². The van der Waals surface area contributed by atoms with Gasteiger partial charge in [0.2, 0.25) is 0 Å². The molecule has 5 N–H and O–H groups in total. The number of urea groups is 2. The molecule has 256 valence electrons. The van der Waals surface area contributed by atoms with Crippen LogP contribution in [0.25, 0.3) is 11.1 Å². The monoisotopic (exact) mass is 669 g/mol. The number of hydrogen-bond acceptors (Lipinski definition) is 4. The number of hydrogen-bond donors (Lipinski definition) is 4. The van der Waals surface area contributed by atoms with Crippen LogP contribution in [-0.4, -0.2) is 59.5 Å². The standard InChI is InChI=1S/C33H33F4N3O3.C2H6N2O/c1-31(2,34)18-19-40(30(43)39-27(21-38)20-22-6-4-3-5-7-22)28(33(35,36)37)25-10-8-23(9-11-25)24-12-14-26(15-13-24)32(16-17-32)29(41)42;1-4-2(3)5/h3-15,27-28H,16-20H2,1-2H3,(H,39,43)(H,41,42);1H3,(H3,3,4,5)/t27-,28-;/m0./s1. The van der Waals surface area contributed by atoms with Gasteiger partial charge in [0.25, 0.3) is 0 Å². The van der Waals surface area contributed by atoms with E-state index in [0.29, 0.717) is 34.4 Å². The number of benzene rings is 3. The van der Waals surface area contributed by atoms with Crippen molar-refractivity contribution in [3.63, 3.8) is 0 Å². The average Bonchev–Trinajstić information content (AvgIpc) is 3.85. The number of nitrogens with two attached hydrogens (primary N) is 1. The smallest absolute Gasteiger partial charge is 0.413 e. The summed E-state index contributed by atoms with van der Waals surface area (Å²) in [5, 5.41) is 23.7. The van der Waals surface area contributed by atoms with Crippen LogP contribution >= 0.6 is 0 Å². The zero-order valence-corrected chi connectivity index (χ0v) is 26.9. The van der Waals surface area contributed by atoms with Gasteiger partial charge in [-0.25, -0.2) is 14.0 Å². The summed E-state index contributed by atoms with van der Waals surface area (Å²) >= 11 is 0. The molecular weight excluding hydrogens is 630 g/mol. The largest absolute Gasteiger partial charge is 0.481 e. The molecule has 4 amide bonds. The Balaban J connectivity index is 0.00000116. The molecule has 0 aliphatic heterocycles. The Morgan fingerprint density at radius 3 is 1.90 bits per heavy atom. The third kappa shape index (κ3) is 10.2. The van der Waals surface area contributed by atoms with Gasteiger partial charge in [0.1, 0.15) is 11.7 Å². The van der Waals surface area contributed by atoms with Crippen molar-refractivity contribution >= 4 is 18.0 Å². The van der Waals surface area contributed by atoms with Gasteiger partial charge in [-0.1, -0.05) is 78.9 Å². The van der Waals surface area contributed by atoms with Gasteiger partial charge < -0.3 is 26.4 Å². The van der Waals surface area contributed by atoms with E-state index in [1.165, 1.54) is 45.2 Å². The molecule has 0 heterocycles. The molecule has 0 unspecified atom stereocenters. The van der Waals surface area contributed by atoms with Gasteiger partial charge in [-0.05, 0) is 60.9 Å². The molecule has 3 aromatic rings. The zero-order chi connectivity index (χ0) is 35.7. The molecule has 1 aliphatic carbocycles. The van der Waals surface area contributed by atoms with E-state index in [-0.39, 0.29) is 18.4 Å². The van der Waals surface area contributed by atoms with Crippen molar-refractivity contribution in [2.75, 3.05) is 13.6 Å². The number of carbonyl (C=O) groups is 3. The fraction of sp³-hybridized carbons (Fsp3) is 0.371. The Kier molecular flexibility index (Phi) is 12.2. The third-order valence-corrected chi connectivity index (χ3v) is 7.97. The lowest BCUT2D eigenvalue weighted by atomic mass is 9.93. The normalized spacial score (nSPS) is 14.6. The summed E-state index contributed by atoms with van der Waals surface area (Å²) < 4.78 is 58.3. The zero-order valence-electron chi connectivity index (χ0n) is 26.9. The summed E-state index contributed by atoms with van der Waals surface area (Å²) in [5.74, 6) is -0.881. The van der Waals surface area contributed by atoms with Crippen molar-refractivity contribution in [1.29, 1.82) is 5.26 Å². The number of rotatable bonds is 11. The van der Waals surface area contributed by atoms with Crippen molar-refractivity contribution < 1.29 is 37.1 Å². The molecule has 48 heavy (non-hydrogen) atoms. The van der Waals surface area contributed by atoms with Crippen LogP contribution < -0.4 is 16.4 Å². The Morgan fingerprint density at radius 2 is 1.48 bits per heavy atom. The second-order valence-electron chi connectivity index (χ2n) is 12.1. The maximum Gasteiger partial charge on any atom is 0.413 e. The number of amides is 4. The number of carboxylic acids is 1. The molecule has 2 atom stereocenters. The van der Waals surface area contributed by atoms with Crippen LogP contribution in [0.4, 0.5) is 27.2 Å². The fourth-order valence-electron chi connectivity index (χ4n) is 5.08. The van der Waals surface area contributed by atoms with E-state index in [2.05, 4.69) is 16.4 Å². The third-order valence-electron chi connectivity index (χ3n) is 7.97. The van der Waals surface area contributed by atoms with Crippen LogP contribution in [0, 0.1) is 11.3 Å². The summed E-state index contributed by atoms with van der Waals surface area (Å²) in [4.78, 5) is 35.0. The lowest BCUT2D eigenvalue weighted by Gasteiger charge is -2.35. The van der Waals surface area contributed by atoms with Gasteiger partial charge in [0.05, 0.1) is 11.5 Å². The molecule has 4 rings (SSSR count). The van der Waals surface area contributed by atoms with E-state index in [1.54, 1.807) is 54.6 Å². The minimum Gasteiger partial charge on any atom is -0.481 e. The van der Waals surface area contributed by atoms with Gasteiger partial charge in [-0.3, -0.25) is 4.79 Å². The fourth-order valence-corrected chi connectivity index (χ4v) is 5.08. The van der Waals surface area contributed by atoms with Crippen molar-refractivity contribution in [1.82, 2.24) is 15.5 Å². The van der Waals surface area contributed by atoms with E-state index in [9.17, 15) is 42.3 Å². The molecule has 0 aromatic heterocycles. The van der Waals surface area contributed by atoms with Gasteiger partial charge in [0.15, 0.2) is 6.04 Å². The molecule has 13 heteroatoms. The first kappa shape index (κ1) is 37.3. The Hall–Kier alpha value is -5.12. The van der Waals surface area contributed by atoms with Crippen LogP contribution in [0.5, 0.6) is 0 Å². The minimum absolute atomic E-state index is 0.0866. The second-order valence-corrected chi connectivity index (χ2v) is 12.1. The SMILES string of the molecule is CC(C)(F)CCN(C(=O)N[C@H](C#N)Cc1ccccc1)[C@@H](c1ccc(-c2ccc(C3(C(=O)O)CC3)cc2)cc1)C(F)(F)F.CNC(N)=O. The molecule has 1 saturated carbocycles. The summed E-state index contributed by atoms with van der Waals surface area (Å²) in [5.41, 5.74) is 4.29. The Morgan fingerprint density at radius 1 is 0.958 bits per heavy atom. The predicted molar refractivity (Wildman–Crippen MR) is 172 cm³/mol. The highest BCUT2D eigenvalue weighted by molar-refractivity contribution is 5.85. The van der Waals surface area contributed by atoms with E-state index in [1.807, 2.05) is 6.07 Å². The first-order valence-corrected chi connectivity index (χ1v) is 15.2. The maximum absolute atomic E-state index is 14.6. The Labute approximate surface area is 276 Å². The number of aliphatic carboxylic acids is 1. The van der Waals surface area contributed by atoms with Crippen molar-refractivity contribution in [3.05, 3.63) is 95.6 Å². The van der Waals surface area contributed by atoms with E-state index in [4.69, 9.17) is 0 Å². The number of alkyl halides is 4. The lowest BCUT2D eigenvalue weighted by molar-refractivity contribution is -0.179. The van der Waals surface area contributed by atoms with Crippen LogP contribution in [-0.2, 0) is 16.6 Å². The van der Waals surface area contributed by atoms with Crippen molar-refractivity contribution in [3.8, 4) is 17.2 Å². The topological polar surface area (TPSA) is 149 Å². The number of carbonyl (C=O) groups excluding carboxylic acids is 2. The summed E-state index contributed by atoms with van der Waals surface area (Å²) in [6.45, 7) is 1.90. The van der Waals surface area contributed by atoms with Crippen LogP contribution in [0.1, 0.15) is 55.8 Å². The summed E-state index contributed by atoms with van der Waals surface area (Å²) in [6, 6.07) is 18.0. The van der Waals surface area contributed by atoms with Crippen molar-refractivity contribution in [2.24, 2.45) is 5.73 Å². The molecule has 0 saturated heterocycles. The number of carboxylic acid groups (broad SMARTS) is 1. The summed E-state index contributed by atoms with van der Waals surface area (Å²) in [7, 11) is 1.47. The van der Waals surface area contributed by atoms with E-state index < -0.39 is 53.9 Å². The number of nitriles is 1. The summed E-state index contributed by atoms with van der Waals surface area (Å²) in [6.07, 6.45) is -4.06. The molecule has 1 fully saturated rings. The predicted octanol–water partition coefficient (Wildman–Crippen LogP) is 6.64. The van der Waals surface area contributed by atoms with Gasteiger partial charge in [-0.2, -0.15) is 18.4 Å². The maximum atomic E-state index is 14.6. The first-order valence-electron chi connectivity index (χ1n) is 15.2. The first-order chi connectivity index (χ1) is 22.5. The molecule has 3 aromatic carbocycles. The number of nitrogens with one attached hydrogen (secondary N) is 2. The number of halogens is 4. The quantitative estimate of drug-likeness (QED) is 0.169. The molecule has 1 aliphatic rings. The molecule has 0 spiro atoms. The molecular formula is C35H39F4N5O4. The van der Waals surface area contributed by atoms with Crippen LogP contribution in [0.3, 0.4) is 0 Å². The molecule has 0 radical (unpaired) electrons. The number of nitrogens with zero attached hydrogens (tertiary/aromatic N) is 2. The molecule has 0 bridgehead atoms. The minimum atomic E-state index is -4.90. The highest BCUT2D eigenvalue weighted by Gasteiger charge is 2.51. The van der Waals surface area contributed by atoms with E-state index >= 15 is 0 Å². The second kappa shape index (κ2) is 15.6. The highest BCUT2D eigenvalue weighted by atomic mass is 19.4. The Bertz CT molecular complexity index is 1580. The van der Waals surface area contributed by atoms with Crippen LogP contribution in [0.2, 0.25) is 0 Å². The van der Waals surface area contributed by atoms with Gasteiger partial charge >= 0.3 is 24.2 Å². The van der Waals surface area contributed by atoms with Crippen LogP contribution in [0.15, 0.2) is 78.9 Å². The highest BCUT2D eigenvalue weighted by Crippen LogP contribution is 2.48.